The van der Waals surface area contributed by atoms with Crippen LogP contribution >= 0.6 is 0 Å². The van der Waals surface area contributed by atoms with Gasteiger partial charge in [-0.05, 0) is 36.4 Å². The fourth-order valence-corrected chi connectivity index (χ4v) is 2.90. The number of piperazine rings is 1. The summed E-state index contributed by atoms with van der Waals surface area (Å²) < 4.78 is 37.9. The van der Waals surface area contributed by atoms with Crippen LogP contribution < -0.4 is 16.0 Å². The summed E-state index contributed by atoms with van der Waals surface area (Å²) in [6, 6.07) is 8.01. The van der Waals surface area contributed by atoms with Crippen LogP contribution in [0.4, 0.5) is 29.5 Å². The van der Waals surface area contributed by atoms with E-state index in [-0.39, 0.29) is 5.91 Å². The number of halogens is 3. The summed E-state index contributed by atoms with van der Waals surface area (Å²) in [4.78, 5) is 30.8. The highest BCUT2D eigenvalue weighted by molar-refractivity contribution is 5.95. The number of urea groups is 1. The van der Waals surface area contributed by atoms with E-state index in [4.69, 9.17) is 5.73 Å². The summed E-state index contributed by atoms with van der Waals surface area (Å²) in [6.45, 7) is 1.77. The van der Waals surface area contributed by atoms with Crippen molar-refractivity contribution in [2.24, 2.45) is 5.73 Å². The van der Waals surface area contributed by atoms with Gasteiger partial charge < -0.3 is 20.9 Å². The van der Waals surface area contributed by atoms with Crippen LogP contribution in [0.15, 0.2) is 42.6 Å². The van der Waals surface area contributed by atoms with Crippen LogP contribution in [0.25, 0.3) is 0 Å². The number of carbonyl (C=O) groups is 2. The van der Waals surface area contributed by atoms with Gasteiger partial charge in [-0.3, -0.25) is 4.79 Å². The predicted molar refractivity (Wildman–Crippen MR) is 97.0 cm³/mol. The van der Waals surface area contributed by atoms with Crippen molar-refractivity contribution in [3.05, 3.63) is 53.7 Å². The van der Waals surface area contributed by atoms with Crippen molar-refractivity contribution < 1.29 is 22.8 Å². The molecule has 2 aromatic rings. The zero-order valence-corrected chi connectivity index (χ0v) is 14.7. The number of hydrogen-bond acceptors (Lipinski definition) is 4. The molecule has 1 aliphatic heterocycles. The average Bonchev–Trinajstić information content (AvgIpc) is 2.67. The Balaban J connectivity index is 1.58. The summed E-state index contributed by atoms with van der Waals surface area (Å²) in [6.07, 6.45) is -3.60. The summed E-state index contributed by atoms with van der Waals surface area (Å²) in [5.74, 6) is 0.285. The maximum atomic E-state index is 12.6. The minimum Gasteiger partial charge on any atom is -0.353 e. The predicted octanol–water partition coefficient (Wildman–Crippen LogP) is 2.55. The number of aromatic nitrogens is 1. The van der Waals surface area contributed by atoms with E-state index in [0.29, 0.717) is 43.2 Å². The molecule has 7 nitrogen and oxygen atoms in total. The molecule has 28 heavy (non-hydrogen) atoms. The molecule has 3 rings (SSSR count). The van der Waals surface area contributed by atoms with E-state index in [1.807, 2.05) is 4.90 Å². The largest absolute Gasteiger partial charge is 0.417 e. The van der Waals surface area contributed by atoms with Gasteiger partial charge >= 0.3 is 12.2 Å². The van der Waals surface area contributed by atoms with Gasteiger partial charge in [0, 0.05) is 43.6 Å². The van der Waals surface area contributed by atoms with Crippen LogP contribution in [0.5, 0.6) is 0 Å². The SMILES string of the molecule is NC(=O)Nc1ccc(C(=O)N2CCN(c3ccc(C(F)(F)F)cn3)CC2)cc1. The molecule has 0 bridgehead atoms. The van der Waals surface area contributed by atoms with Crippen LogP contribution in [0, 0.1) is 0 Å². The number of nitrogens with one attached hydrogen (secondary N) is 1. The van der Waals surface area contributed by atoms with Gasteiger partial charge in [-0.25, -0.2) is 9.78 Å². The molecule has 3 amide bonds. The zero-order valence-electron chi connectivity index (χ0n) is 14.7. The van der Waals surface area contributed by atoms with E-state index >= 15 is 0 Å². The number of pyridine rings is 1. The summed E-state index contributed by atoms with van der Waals surface area (Å²) in [5, 5.41) is 2.42. The van der Waals surface area contributed by atoms with E-state index in [1.165, 1.54) is 6.07 Å². The van der Waals surface area contributed by atoms with E-state index in [9.17, 15) is 22.8 Å². The average molecular weight is 393 g/mol. The highest BCUT2D eigenvalue weighted by Gasteiger charge is 2.31. The topological polar surface area (TPSA) is 91.6 Å². The van der Waals surface area contributed by atoms with E-state index < -0.39 is 17.8 Å². The van der Waals surface area contributed by atoms with Crippen LogP contribution in [0.2, 0.25) is 0 Å². The van der Waals surface area contributed by atoms with E-state index in [1.54, 1.807) is 29.2 Å². The molecule has 148 valence electrons. The normalized spacial score (nSPS) is 14.7. The lowest BCUT2D eigenvalue weighted by Gasteiger charge is -2.35. The Kier molecular flexibility index (Phi) is 5.39. The van der Waals surface area contributed by atoms with Crippen LogP contribution in [0.3, 0.4) is 0 Å². The summed E-state index contributed by atoms with van der Waals surface area (Å²) in [5.41, 5.74) is 5.20. The van der Waals surface area contributed by atoms with Gasteiger partial charge in [0.05, 0.1) is 5.56 Å². The Morgan fingerprint density at radius 1 is 1.00 bits per heavy atom. The van der Waals surface area contributed by atoms with Crippen molar-refractivity contribution in [1.82, 2.24) is 9.88 Å². The standard InChI is InChI=1S/C18H18F3N5O2/c19-18(20,21)13-3-6-15(23-11-13)25-7-9-26(10-8-25)16(27)12-1-4-14(5-2-12)24-17(22)28/h1-6,11H,7-10H2,(H3,22,24,28). The van der Waals surface area contributed by atoms with E-state index in [2.05, 4.69) is 10.3 Å². The fraction of sp³-hybridized carbons (Fsp3) is 0.278. The number of rotatable bonds is 3. The molecule has 0 unspecified atom stereocenters. The van der Waals surface area contributed by atoms with Gasteiger partial charge in [-0.1, -0.05) is 0 Å². The first kappa shape index (κ1) is 19.5. The molecule has 1 aromatic carbocycles. The number of nitrogens with two attached hydrogens (primary N) is 1. The number of anilines is 2. The lowest BCUT2D eigenvalue weighted by Crippen LogP contribution is -2.49. The lowest BCUT2D eigenvalue weighted by atomic mass is 10.1. The maximum absolute atomic E-state index is 12.6. The van der Waals surface area contributed by atoms with Gasteiger partial charge in [0.2, 0.25) is 0 Å². The molecule has 2 heterocycles. The van der Waals surface area contributed by atoms with Crippen LogP contribution in [-0.4, -0.2) is 48.0 Å². The molecule has 1 aliphatic rings. The molecule has 3 N–H and O–H groups in total. The Morgan fingerprint density at radius 3 is 2.14 bits per heavy atom. The fourth-order valence-electron chi connectivity index (χ4n) is 2.90. The number of hydrogen-bond donors (Lipinski definition) is 2. The smallest absolute Gasteiger partial charge is 0.353 e. The lowest BCUT2D eigenvalue weighted by molar-refractivity contribution is -0.137. The molecule has 1 saturated heterocycles. The number of nitrogens with zero attached hydrogens (tertiary/aromatic N) is 3. The van der Waals surface area contributed by atoms with E-state index in [0.717, 1.165) is 12.3 Å². The van der Waals surface area contributed by atoms with Crippen molar-refractivity contribution in [3.63, 3.8) is 0 Å². The second-order valence-corrected chi connectivity index (χ2v) is 6.25. The van der Waals surface area contributed by atoms with Gasteiger partial charge in [0.1, 0.15) is 5.82 Å². The second-order valence-electron chi connectivity index (χ2n) is 6.25. The van der Waals surface area contributed by atoms with Crippen LogP contribution in [0.1, 0.15) is 15.9 Å². The maximum Gasteiger partial charge on any atom is 0.417 e. The Bertz CT molecular complexity index is 845. The molecular weight excluding hydrogens is 375 g/mol. The summed E-state index contributed by atoms with van der Waals surface area (Å²) >= 11 is 0. The first-order valence-corrected chi connectivity index (χ1v) is 8.48. The molecule has 0 saturated carbocycles. The quantitative estimate of drug-likeness (QED) is 0.839. The molecule has 0 atom stereocenters. The third-order valence-corrected chi connectivity index (χ3v) is 4.37. The number of carbonyl (C=O) groups excluding carboxylic acids is 2. The third kappa shape index (κ3) is 4.51. The first-order valence-electron chi connectivity index (χ1n) is 8.48. The number of amides is 3. The van der Waals surface area contributed by atoms with Crippen LogP contribution in [-0.2, 0) is 6.18 Å². The van der Waals surface area contributed by atoms with Crippen molar-refractivity contribution in [1.29, 1.82) is 0 Å². The molecule has 0 spiro atoms. The highest BCUT2D eigenvalue weighted by atomic mass is 19.4. The number of primary amides is 1. The van der Waals surface area contributed by atoms with Crippen molar-refractivity contribution in [2.45, 2.75) is 6.18 Å². The zero-order chi connectivity index (χ0) is 20.3. The van der Waals surface area contributed by atoms with Gasteiger partial charge in [0.15, 0.2) is 0 Å². The first-order chi connectivity index (χ1) is 13.2. The molecule has 1 aromatic heterocycles. The molecular formula is C18H18F3N5O2. The molecule has 0 aliphatic carbocycles. The highest BCUT2D eigenvalue weighted by Crippen LogP contribution is 2.29. The minimum atomic E-state index is -4.42. The summed E-state index contributed by atoms with van der Waals surface area (Å²) in [7, 11) is 0. The molecule has 1 fully saturated rings. The Labute approximate surface area is 158 Å². The van der Waals surface area contributed by atoms with Gasteiger partial charge in [0.25, 0.3) is 5.91 Å². The van der Waals surface area contributed by atoms with Gasteiger partial charge in [-0.15, -0.1) is 0 Å². The monoisotopic (exact) mass is 393 g/mol. The number of alkyl halides is 3. The number of benzene rings is 1. The van der Waals surface area contributed by atoms with Gasteiger partial charge in [-0.2, -0.15) is 13.2 Å². The third-order valence-electron chi connectivity index (χ3n) is 4.37. The second kappa shape index (κ2) is 7.75. The van der Waals surface area contributed by atoms with Crippen molar-refractivity contribution in [3.8, 4) is 0 Å². The Hall–Kier alpha value is -3.30. The Morgan fingerprint density at radius 2 is 1.64 bits per heavy atom. The van der Waals surface area contributed by atoms with Crippen molar-refractivity contribution in [2.75, 3.05) is 36.4 Å². The molecule has 10 heteroatoms. The minimum absolute atomic E-state index is 0.161. The van der Waals surface area contributed by atoms with Crippen molar-refractivity contribution >= 4 is 23.4 Å². The molecule has 0 radical (unpaired) electrons.